The highest BCUT2D eigenvalue weighted by atomic mass is 79.9. The molecule has 0 aromatic carbocycles. The summed E-state index contributed by atoms with van der Waals surface area (Å²) in [5.74, 6) is 1.63. The minimum Gasteiger partial charge on any atom is -0.388 e. The van der Waals surface area contributed by atoms with Crippen molar-refractivity contribution in [1.29, 1.82) is 0 Å². The number of nitrogens with zero attached hydrogens (tertiary/aromatic N) is 2. The van der Waals surface area contributed by atoms with E-state index in [2.05, 4.69) is 38.1 Å². The van der Waals surface area contributed by atoms with Crippen molar-refractivity contribution in [3.8, 4) is 0 Å². The molecule has 5 heteroatoms. The van der Waals surface area contributed by atoms with Crippen LogP contribution in [-0.4, -0.2) is 27.2 Å². The standard InChI is InChI=1S/C12H18BrN3O/c1-2-4-10-15-9(13)7-11(16-10)14-8-12(17)5-3-6-12/h7,17H,2-6,8H2,1H3,(H,14,15,16). The first kappa shape index (κ1) is 12.8. The Kier molecular flexibility index (Phi) is 3.99. The number of anilines is 1. The minimum absolute atomic E-state index is 0.525. The number of rotatable bonds is 5. The van der Waals surface area contributed by atoms with E-state index in [1.54, 1.807) is 0 Å². The van der Waals surface area contributed by atoms with Crippen molar-refractivity contribution in [3.05, 3.63) is 16.5 Å². The molecule has 2 rings (SSSR count). The summed E-state index contributed by atoms with van der Waals surface area (Å²) in [7, 11) is 0. The average Bonchev–Trinajstić information content (AvgIpc) is 2.23. The van der Waals surface area contributed by atoms with Crippen LogP contribution in [0, 0.1) is 0 Å². The van der Waals surface area contributed by atoms with Gasteiger partial charge < -0.3 is 10.4 Å². The number of hydrogen-bond acceptors (Lipinski definition) is 4. The lowest BCUT2D eigenvalue weighted by Crippen LogP contribution is -2.43. The normalized spacial score (nSPS) is 17.6. The summed E-state index contributed by atoms with van der Waals surface area (Å²) < 4.78 is 0.791. The predicted octanol–water partition coefficient (Wildman–Crippen LogP) is 2.52. The monoisotopic (exact) mass is 299 g/mol. The van der Waals surface area contributed by atoms with Gasteiger partial charge in [-0.05, 0) is 41.6 Å². The molecule has 1 aromatic heterocycles. The third kappa shape index (κ3) is 3.39. The Bertz CT molecular complexity index is 393. The molecule has 0 radical (unpaired) electrons. The van der Waals surface area contributed by atoms with Gasteiger partial charge in [0, 0.05) is 19.0 Å². The molecule has 0 spiro atoms. The van der Waals surface area contributed by atoms with Crippen LogP contribution in [-0.2, 0) is 6.42 Å². The molecule has 1 aliphatic rings. The Balaban J connectivity index is 1.99. The molecule has 1 aliphatic carbocycles. The van der Waals surface area contributed by atoms with Gasteiger partial charge in [-0.15, -0.1) is 0 Å². The van der Waals surface area contributed by atoms with Crippen LogP contribution < -0.4 is 5.32 Å². The van der Waals surface area contributed by atoms with Gasteiger partial charge in [-0.3, -0.25) is 0 Å². The van der Waals surface area contributed by atoms with E-state index in [4.69, 9.17) is 0 Å². The fraction of sp³-hybridized carbons (Fsp3) is 0.667. The maximum Gasteiger partial charge on any atom is 0.132 e. The smallest absolute Gasteiger partial charge is 0.132 e. The quantitative estimate of drug-likeness (QED) is 0.820. The van der Waals surface area contributed by atoms with Crippen molar-refractivity contribution in [1.82, 2.24) is 9.97 Å². The molecule has 1 saturated carbocycles. The summed E-state index contributed by atoms with van der Waals surface area (Å²) in [6.07, 6.45) is 4.78. The van der Waals surface area contributed by atoms with Gasteiger partial charge >= 0.3 is 0 Å². The van der Waals surface area contributed by atoms with Crippen molar-refractivity contribution >= 4 is 21.7 Å². The number of aromatic nitrogens is 2. The van der Waals surface area contributed by atoms with Gasteiger partial charge in [0.05, 0.1) is 5.60 Å². The Morgan fingerprint density at radius 3 is 2.82 bits per heavy atom. The van der Waals surface area contributed by atoms with Crippen molar-refractivity contribution in [2.24, 2.45) is 0 Å². The lowest BCUT2D eigenvalue weighted by molar-refractivity contribution is -0.0202. The van der Waals surface area contributed by atoms with E-state index in [1.807, 2.05) is 6.07 Å². The second kappa shape index (κ2) is 5.31. The molecule has 94 valence electrons. The highest BCUT2D eigenvalue weighted by Crippen LogP contribution is 2.31. The van der Waals surface area contributed by atoms with Crippen LogP contribution in [0.2, 0.25) is 0 Å². The summed E-state index contributed by atoms with van der Waals surface area (Å²) in [5, 5.41) is 13.2. The van der Waals surface area contributed by atoms with Crippen LogP contribution in [0.1, 0.15) is 38.4 Å². The largest absolute Gasteiger partial charge is 0.388 e. The first-order valence-electron chi connectivity index (χ1n) is 6.11. The molecule has 0 unspecified atom stereocenters. The van der Waals surface area contributed by atoms with Gasteiger partial charge in [-0.2, -0.15) is 0 Å². The Morgan fingerprint density at radius 2 is 2.24 bits per heavy atom. The van der Waals surface area contributed by atoms with E-state index in [9.17, 15) is 5.11 Å². The minimum atomic E-state index is -0.525. The fourth-order valence-corrected chi connectivity index (χ4v) is 2.33. The van der Waals surface area contributed by atoms with Crippen molar-refractivity contribution in [2.75, 3.05) is 11.9 Å². The first-order valence-corrected chi connectivity index (χ1v) is 6.90. The van der Waals surface area contributed by atoms with Gasteiger partial charge in [0.25, 0.3) is 0 Å². The Hall–Kier alpha value is -0.680. The van der Waals surface area contributed by atoms with Crippen molar-refractivity contribution in [2.45, 2.75) is 44.6 Å². The summed E-state index contributed by atoms with van der Waals surface area (Å²) in [5.41, 5.74) is -0.525. The van der Waals surface area contributed by atoms with Crippen molar-refractivity contribution in [3.63, 3.8) is 0 Å². The molecule has 2 N–H and O–H groups in total. The Labute approximate surface area is 110 Å². The second-order valence-corrected chi connectivity index (χ2v) is 5.49. The van der Waals surface area contributed by atoms with Crippen LogP contribution in [0.4, 0.5) is 5.82 Å². The number of nitrogens with one attached hydrogen (secondary N) is 1. The highest BCUT2D eigenvalue weighted by molar-refractivity contribution is 9.10. The van der Waals surface area contributed by atoms with Crippen LogP contribution in [0.25, 0.3) is 0 Å². The van der Waals surface area contributed by atoms with Gasteiger partial charge in [-0.1, -0.05) is 6.92 Å². The summed E-state index contributed by atoms with van der Waals surface area (Å²) >= 11 is 3.38. The average molecular weight is 300 g/mol. The molecule has 0 amide bonds. The topological polar surface area (TPSA) is 58.0 Å². The van der Waals surface area contributed by atoms with E-state index < -0.39 is 5.60 Å². The summed E-state index contributed by atoms with van der Waals surface area (Å²) in [4.78, 5) is 8.73. The molecular weight excluding hydrogens is 282 g/mol. The van der Waals surface area contributed by atoms with E-state index in [0.29, 0.717) is 6.54 Å². The van der Waals surface area contributed by atoms with Crippen LogP contribution >= 0.6 is 15.9 Å². The van der Waals surface area contributed by atoms with E-state index in [0.717, 1.165) is 48.3 Å². The lowest BCUT2D eigenvalue weighted by Gasteiger charge is -2.36. The fourth-order valence-electron chi connectivity index (χ4n) is 1.91. The first-order chi connectivity index (χ1) is 8.11. The van der Waals surface area contributed by atoms with Crippen LogP contribution in [0.15, 0.2) is 10.7 Å². The molecule has 1 fully saturated rings. The molecule has 4 nitrogen and oxygen atoms in total. The molecule has 17 heavy (non-hydrogen) atoms. The molecule has 0 aliphatic heterocycles. The van der Waals surface area contributed by atoms with Gasteiger partial charge in [-0.25, -0.2) is 9.97 Å². The zero-order chi connectivity index (χ0) is 12.3. The molecule has 1 aromatic rings. The van der Waals surface area contributed by atoms with Gasteiger partial charge in [0.15, 0.2) is 0 Å². The zero-order valence-electron chi connectivity index (χ0n) is 10.0. The lowest BCUT2D eigenvalue weighted by atomic mass is 9.80. The molecule has 0 saturated heterocycles. The third-order valence-electron chi connectivity index (χ3n) is 3.10. The third-order valence-corrected chi connectivity index (χ3v) is 3.50. The predicted molar refractivity (Wildman–Crippen MR) is 71.0 cm³/mol. The number of aryl methyl sites for hydroxylation is 1. The maximum atomic E-state index is 10.00. The SMILES string of the molecule is CCCc1nc(Br)cc(NCC2(O)CCC2)n1. The van der Waals surface area contributed by atoms with Gasteiger partial charge in [0.1, 0.15) is 16.2 Å². The van der Waals surface area contributed by atoms with Crippen LogP contribution in [0.5, 0.6) is 0 Å². The van der Waals surface area contributed by atoms with Gasteiger partial charge in [0.2, 0.25) is 0 Å². The maximum absolute atomic E-state index is 10.00. The zero-order valence-corrected chi connectivity index (χ0v) is 11.6. The van der Waals surface area contributed by atoms with E-state index in [-0.39, 0.29) is 0 Å². The molecular formula is C12H18BrN3O. The van der Waals surface area contributed by atoms with E-state index in [1.165, 1.54) is 0 Å². The number of halogens is 1. The molecule has 0 atom stereocenters. The van der Waals surface area contributed by atoms with Crippen molar-refractivity contribution < 1.29 is 5.11 Å². The summed E-state index contributed by atoms with van der Waals surface area (Å²) in [6.45, 7) is 2.68. The summed E-state index contributed by atoms with van der Waals surface area (Å²) in [6, 6.07) is 1.85. The second-order valence-electron chi connectivity index (χ2n) is 4.67. The van der Waals surface area contributed by atoms with E-state index >= 15 is 0 Å². The number of hydrogen-bond donors (Lipinski definition) is 2. The number of aliphatic hydroxyl groups is 1. The molecule has 0 bridgehead atoms. The Morgan fingerprint density at radius 1 is 1.47 bits per heavy atom. The van der Waals surface area contributed by atoms with Crippen LogP contribution in [0.3, 0.4) is 0 Å². The molecule has 1 heterocycles. The highest BCUT2D eigenvalue weighted by Gasteiger charge is 2.34.